The summed E-state index contributed by atoms with van der Waals surface area (Å²) in [6, 6.07) is 14.8. The van der Waals surface area contributed by atoms with Gasteiger partial charge in [-0.2, -0.15) is 0 Å². The summed E-state index contributed by atoms with van der Waals surface area (Å²) >= 11 is 0. The fourth-order valence-corrected chi connectivity index (χ4v) is 2.14. The molecule has 2 aromatic rings. The third-order valence-corrected chi connectivity index (χ3v) is 3.16. The van der Waals surface area contributed by atoms with Crippen LogP contribution in [-0.4, -0.2) is 16.8 Å². The Morgan fingerprint density at radius 1 is 1.00 bits per heavy atom. The molecule has 102 valence electrons. The number of nitrogens with two attached hydrogens (primary N) is 2. The average molecular weight is 269 g/mol. The van der Waals surface area contributed by atoms with Gasteiger partial charge in [-0.3, -0.25) is 10.2 Å². The SMILES string of the molecule is N=C(N)c1ccccc1C(O)(C(N)=O)c1ccccc1. The van der Waals surface area contributed by atoms with E-state index in [0.717, 1.165) is 0 Å². The van der Waals surface area contributed by atoms with Gasteiger partial charge in [-0.05, 0) is 5.56 Å². The van der Waals surface area contributed by atoms with E-state index in [1.165, 1.54) is 6.07 Å². The standard InChI is InChI=1S/C15H15N3O2/c16-13(17)11-8-4-5-9-12(11)15(20,14(18)19)10-6-2-1-3-7-10/h1-9,20H,(H3,16,17)(H2,18,19). The van der Waals surface area contributed by atoms with Gasteiger partial charge in [0.25, 0.3) is 5.91 Å². The highest BCUT2D eigenvalue weighted by Gasteiger charge is 2.40. The fraction of sp³-hybridized carbons (Fsp3) is 0.0667. The van der Waals surface area contributed by atoms with Gasteiger partial charge in [-0.15, -0.1) is 0 Å². The van der Waals surface area contributed by atoms with Gasteiger partial charge >= 0.3 is 0 Å². The lowest BCUT2D eigenvalue weighted by atomic mass is 9.83. The van der Waals surface area contributed by atoms with Crippen molar-refractivity contribution in [2.75, 3.05) is 0 Å². The molecular weight excluding hydrogens is 254 g/mol. The highest BCUT2D eigenvalue weighted by Crippen LogP contribution is 2.31. The molecule has 0 spiro atoms. The number of carbonyl (C=O) groups is 1. The smallest absolute Gasteiger partial charge is 0.258 e. The van der Waals surface area contributed by atoms with Crippen LogP contribution in [0.4, 0.5) is 0 Å². The molecule has 20 heavy (non-hydrogen) atoms. The van der Waals surface area contributed by atoms with Crippen molar-refractivity contribution in [2.45, 2.75) is 5.60 Å². The molecule has 0 bridgehead atoms. The Bertz CT molecular complexity index is 655. The van der Waals surface area contributed by atoms with Crippen LogP contribution in [0.1, 0.15) is 16.7 Å². The molecule has 2 aromatic carbocycles. The largest absolute Gasteiger partial charge is 0.384 e. The number of rotatable bonds is 4. The van der Waals surface area contributed by atoms with Gasteiger partial charge in [0.1, 0.15) is 5.84 Å². The molecule has 0 fully saturated rings. The third kappa shape index (κ3) is 2.15. The molecule has 1 atom stereocenters. The van der Waals surface area contributed by atoms with Gasteiger partial charge in [0.15, 0.2) is 5.60 Å². The average Bonchev–Trinajstić information content (AvgIpc) is 2.47. The number of nitrogens with one attached hydrogen (secondary N) is 1. The molecule has 0 heterocycles. The van der Waals surface area contributed by atoms with E-state index in [1.54, 1.807) is 48.5 Å². The van der Waals surface area contributed by atoms with Crippen molar-refractivity contribution in [3.05, 3.63) is 71.3 Å². The summed E-state index contributed by atoms with van der Waals surface area (Å²) in [5.74, 6) is -1.16. The normalized spacial score (nSPS) is 13.4. The first kappa shape index (κ1) is 13.8. The highest BCUT2D eigenvalue weighted by atomic mass is 16.3. The Labute approximate surface area is 116 Å². The number of benzene rings is 2. The molecule has 1 unspecified atom stereocenters. The molecule has 2 rings (SSSR count). The summed E-state index contributed by atoms with van der Waals surface area (Å²) in [6.45, 7) is 0. The first-order chi connectivity index (χ1) is 9.48. The maximum absolute atomic E-state index is 11.9. The van der Waals surface area contributed by atoms with Crippen molar-refractivity contribution < 1.29 is 9.90 Å². The van der Waals surface area contributed by atoms with E-state index in [4.69, 9.17) is 16.9 Å². The Hall–Kier alpha value is -2.66. The minimum atomic E-state index is -2.02. The number of aliphatic hydroxyl groups is 1. The van der Waals surface area contributed by atoms with Crippen molar-refractivity contribution in [3.8, 4) is 0 Å². The second-order valence-corrected chi connectivity index (χ2v) is 4.40. The summed E-state index contributed by atoms with van der Waals surface area (Å²) in [5.41, 5.74) is 9.70. The summed E-state index contributed by atoms with van der Waals surface area (Å²) in [4.78, 5) is 11.9. The molecule has 0 aromatic heterocycles. The molecule has 1 amide bonds. The van der Waals surface area contributed by atoms with Crippen LogP contribution < -0.4 is 11.5 Å². The second-order valence-electron chi connectivity index (χ2n) is 4.40. The van der Waals surface area contributed by atoms with Crippen LogP contribution in [0.3, 0.4) is 0 Å². The first-order valence-electron chi connectivity index (χ1n) is 5.99. The number of carbonyl (C=O) groups excluding carboxylic acids is 1. The van der Waals surface area contributed by atoms with Gasteiger partial charge in [0.2, 0.25) is 0 Å². The van der Waals surface area contributed by atoms with Crippen LogP contribution in [0.2, 0.25) is 0 Å². The van der Waals surface area contributed by atoms with Crippen molar-refractivity contribution in [1.82, 2.24) is 0 Å². The van der Waals surface area contributed by atoms with E-state index >= 15 is 0 Å². The topological polar surface area (TPSA) is 113 Å². The van der Waals surface area contributed by atoms with Gasteiger partial charge in [-0.25, -0.2) is 0 Å². The van der Waals surface area contributed by atoms with E-state index in [0.29, 0.717) is 5.56 Å². The van der Waals surface area contributed by atoms with Crippen molar-refractivity contribution in [1.29, 1.82) is 5.41 Å². The monoisotopic (exact) mass is 269 g/mol. The number of primary amides is 1. The van der Waals surface area contributed by atoms with Gasteiger partial charge in [0.05, 0.1) is 0 Å². The number of hydrogen-bond donors (Lipinski definition) is 4. The zero-order valence-electron chi connectivity index (χ0n) is 10.7. The lowest BCUT2D eigenvalue weighted by Gasteiger charge is -2.27. The molecule has 5 heteroatoms. The van der Waals surface area contributed by atoms with Crippen LogP contribution in [0.15, 0.2) is 54.6 Å². The molecule has 6 N–H and O–H groups in total. The van der Waals surface area contributed by atoms with Gasteiger partial charge < -0.3 is 16.6 Å². The van der Waals surface area contributed by atoms with Crippen LogP contribution >= 0.6 is 0 Å². The predicted molar refractivity (Wildman–Crippen MR) is 76.1 cm³/mol. The maximum Gasteiger partial charge on any atom is 0.258 e. The first-order valence-corrected chi connectivity index (χ1v) is 5.99. The third-order valence-electron chi connectivity index (χ3n) is 3.16. The zero-order valence-corrected chi connectivity index (χ0v) is 10.7. The summed E-state index contributed by atoms with van der Waals surface area (Å²) in [7, 11) is 0. The zero-order chi connectivity index (χ0) is 14.8. The van der Waals surface area contributed by atoms with Crippen LogP contribution in [0.5, 0.6) is 0 Å². The van der Waals surface area contributed by atoms with Crippen molar-refractivity contribution >= 4 is 11.7 Å². The molecule has 0 saturated carbocycles. The quantitative estimate of drug-likeness (QED) is 0.483. The molecular formula is C15H15N3O2. The predicted octanol–water partition coefficient (Wildman–Crippen LogP) is 0.692. The van der Waals surface area contributed by atoms with Crippen molar-refractivity contribution in [3.63, 3.8) is 0 Å². The Morgan fingerprint density at radius 2 is 1.55 bits per heavy atom. The highest BCUT2D eigenvalue weighted by molar-refractivity contribution is 6.00. The van der Waals surface area contributed by atoms with Gasteiger partial charge in [-0.1, -0.05) is 54.6 Å². The Kier molecular flexibility index (Phi) is 3.54. The Morgan fingerprint density at radius 3 is 2.10 bits per heavy atom. The molecule has 0 aliphatic carbocycles. The minimum Gasteiger partial charge on any atom is -0.384 e. The van der Waals surface area contributed by atoms with E-state index in [-0.39, 0.29) is 17.0 Å². The molecule has 0 radical (unpaired) electrons. The summed E-state index contributed by atoms with van der Waals surface area (Å²) < 4.78 is 0. The minimum absolute atomic E-state index is 0.200. The Balaban J connectivity index is 2.73. The molecule has 0 aliphatic rings. The summed E-state index contributed by atoms with van der Waals surface area (Å²) in [6.07, 6.45) is 0. The number of amides is 1. The van der Waals surface area contributed by atoms with Gasteiger partial charge in [0, 0.05) is 11.1 Å². The second kappa shape index (κ2) is 5.14. The van der Waals surface area contributed by atoms with E-state index < -0.39 is 11.5 Å². The molecule has 5 nitrogen and oxygen atoms in total. The van der Waals surface area contributed by atoms with Crippen LogP contribution in [0, 0.1) is 5.41 Å². The van der Waals surface area contributed by atoms with Crippen molar-refractivity contribution in [2.24, 2.45) is 11.5 Å². The van der Waals surface area contributed by atoms with E-state index in [1.807, 2.05) is 0 Å². The molecule has 0 aliphatic heterocycles. The number of amidine groups is 1. The maximum atomic E-state index is 11.9. The van der Waals surface area contributed by atoms with Crippen LogP contribution in [0.25, 0.3) is 0 Å². The molecule has 0 saturated heterocycles. The fourth-order valence-electron chi connectivity index (χ4n) is 2.14. The van der Waals surface area contributed by atoms with E-state index in [9.17, 15) is 9.90 Å². The summed E-state index contributed by atoms with van der Waals surface area (Å²) in [5, 5.41) is 18.4. The lowest BCUT2D eigenvalue weighted by molar-refractivity contribution is -0.133. The van der Waals surface area contributed by atoms with E-state index in [2.05, 4.69) is 0 Å². The van der Waals surface area contributed by atoms with Crippen LogP contribution in [-0.2, 0) is 10.4 Å². The number of nitrogen functional groups attached to an aromatic ring is 1. The number of hydrogen-bond acceptors (Lipinski definition) is 3. The lowest BCUT2D eigenvalue weighted by Crippen LogP contribution is -2.43.